The van der Waals surface area contributed by atoms with E-state index in [4.69, 9.17) is 0 Å². The number of hydrogen-bond acceptors (Lipinski definition) is 3. The third kappa shape index (κ3) is 2.45. The molecule has 21 heavy (non-hydrogen) atoms. The van der Waals surface area contributed by atoms with Crippen molar-refractivity contribution in [2.75, 3.05) is 0 Å². The Labute approximate surface area is 122 Å². The highest BCUT2D eigenvalue weighted by molar-refractivity contribution is 6.02. The molecule has 0 radical (unpaired) electrons. The summed E-state index contributed by atoms with van der Waals surface area (Å²) in [6, 6.07) is 19.2. The molecule has 2 aromatic carbocycles. The second-order valence-electron chi connectivity index (χ2n) is 5.15. The molecule has 4 nitrogen and oxygen atoms in total. The molecule has 1 atom stereocenters. The Balaban J connectivity index is 2.06. The molecular weight excluding hydrogens is 266 g/mol. The van der Waals surface area contributed by atoms with Crippen molar-refractivity contribution < 1.29 is 14.8 Å². The molecule has 0 bridgehead atoms. The standard InChI is InChI=1S/C17H15NO3/c19-15-11-14(17(20)18(15)21)16(12-7-3-1-4-8-12)13-9-5-2-6-10-13/h1-10,14,16,21H,11H2. The molecule has 106 valence electrons. The molecule has 1 fully saturated rings. The number of carbonyl (C=O) groups excluding carboxylic acids is 2. The van der Waals surface area contributed by atoms with E-state index in [0.717, 1.165) is 11.1 Å². The van der Waals surface area contributed by atoms with Crippen LogP contribution in [0.5, 0.6) is 0 Å². The minimum absolute atomic E-state index is 0.0315. The predicted octanol–water partition coefficient (Wildman–Crippen LogP) is 2.58. The van der Waals surface area contributed by atoms with E-state index in [1.165, 1.54) is 0 Å². The highest BCUT2D eigenvalue weighted by Crippen LogP contribution is 2.38. The summed E-state index contributed by atoms with van der Waals surface area (Å²) in [5.74, 6) is -1.87. The van der Waals surface area contributed by atoms with Crippen LogP contribution in [0.15, 0.2) is 60.7 Å². The van der Waals surface area contributed by atoms with Gasteiger partial charge in [0.1, 0.15) is 0 Å². The lowest BCUT2D eigenvalue weighted by Gasteiger charge is -2.22. The van der Waals surface area contributed by atoms with Gasteiger partial charge in [0, 0.05) is 12.3 Å². The van der Waals surface area contributed by atoms with Crippen LogP contribution in [0.2, 0.25) is 0 Å². The maximum absolute atomic E-state index is 12.2. The van der Waals surface area contributed by atoms with Gasteiger partial charge in [0.25, 0.3) is 11.8 Å². The van der Waals surface area contributed by atoms with E-state index < -0.39 is 17.7 Å². The first-order valence-electron chi connectivity index (χ1n) is 6.84. The first-order valence-corrected chi connectivity index (χ1v) is 6.84. The van der Waals surface area contributed by atoms with Gasteiger partial charge in [0.2, 0.25) is 0 Å². The minimum Gasteiger partial charge on any atom is -0.279 e. The third-order valence-corrected chi connectivity index (χ3v) is 3.88. The zero-order valence-electron chi connectivity index (χ0n) is 11.3. The van der Waals surface area contributed by atoms with Crippen LogP contribution in [0.4, 0.5) is 0 Å². The summed E-state index contributed by atoms with van der Waals surface area (Å²) in [7, 11) is 0. The lowest BCUT2D eigenvalue weighted by molar-refractivity contribution is -0.172. The van der Waals surface area contributed by atoms with Gasteiger partial charge in [-0.05, 0) is 11.1 Å². The van der Waals surface area contributed by atoms with Crippen molar-refractivity contribution in [2.45, 2.75) is 12.3 Å². The number of carbonyl (C=O) groups is 2. The van der Waals surface area contributed by atoms with E-state index in [2.05, 4.69) is 0 Å². The summed E-state index contributed by atoms with van der Waals surface area (Å²) < 4.78 is 0. The zero-order chi connectivity index (χ0) is 14.8. The fourth-order valence-corrected chi connectivity index (χ4v) is 2.88. The minimum atomic E-state index is -0.563. The molecule has 4 heteroatoms. The molecule has 0 saturated carbocycles. The molecule has 0 aromatic heterocycles. The molecule has 2 aromatic rings. The first-order chi connectivity index (χ1) is 10.2. The van der Waals surface area contributed by atoms with Crippen molar-refractivity contribution in [3.05, 3.63) is 71.8 Å². The number of imide groups is 1. The van der Waals surface area contributed by atoms with E-state index in [1.54, 1.807) is 0 Å². The van der Waals surface area contributed by atoms with Gasteiger partial charge in [0.05, 0.1) is 5.92 Å². The van der Waals surface area contributed by atoms with Crippen molar-refractivity contribution in [2.24, 2.45) is 5.92 Å². The Morgan fingerprint density at radius 2 is 1.38 bits per heavy atom. The number of benzene rings is 2. The largest absolute Gasteiger partial charge is 0.279 e. The highest BCUT2D eigenvalue weighted by atomic mass is 16.5. The summed E-state index contributed by atoms with van der Waals surface area (Å²) in [6.07, 6.45) is 0.0315. The monoisotopic (exact) mass is 281 g/mol. The van der Waals surface area contributed by atoms with E-state index in [9.17, 15) is 14.8 Å². The first kappa shape index (κ1) is 13.5. The van der Waals surface area contributed by atoms with Crippen molar-refractivity contribution in [1.29, 1.82) is 0 Å². The SMILES string of the molecule is O=C1CC(C(c2ccccc2)c2ccccc2)C(=O)N1O. The summed E-state index contributed by atoms with van der Waals surface area (Å²) in [5.41, 5.74) is 1.93. The molecule has 3 rings (SSSR count). The smallest absolute Gasteiger partial charge is 0.257 e. The third-order valence-electron chi connectivity index (χ3n) is 3.88. The topological polar surface area (TPSA) is 57.6 Å². The van der Waals surface area contributed by atoms with Gasteiger partial charge in [-0.1, -0.05) is 60.7 Å². The average Bonchev–Trinajstić information content (AvgIpc) is 2.78. The van der Waals surface area contributed by atoms with Crippen molar-refractivity contribution in [3.63, 3.8) is 0 Å². The van der Waals surface area contributed by atoms with E-state index in [1.807, 2.05) is 60.7 Å². The van der Waals surface area contributed by atoms with Crippen LogP contribution in [0.25, 0.3) is 0 Å². The van der Waals surface area contributed by atoms with Crippen LogP contribution in [-0.4, -0.2) is 22.1 Å². The lowest BCUT2D eigenvalue weighted by Crippen LogP contribution is -2.28. The molecule has 2 amide bonds. The van der Waals surface area contributed by atoms with Crippen molar-refractivity contribution in [3.8, 4) is 0 Å². The quantitative estimate of drug-likeness (QED) is 0.695. The van der Waals surface area contributed by atoms with Gasteiger partial charge in [0.15, 0.2) is 0 Å². The Bertz CT molecular complexity index is 615. The van der Waals surface area contributed by atoms with E-state index in [0.29, 0.717) is 0 Å². The Morgan fingerprint density at radius 3 is 1.76 bits per heavy atom. The van der Waals surface area contributed by atoms with Gasteiger partial charge in [-0.15, -0.1) is 0 Å². The molecule has 1 saturated heterocycles. The second kappa shape index (κ2) is 5.50. The summed E-state index contributed by atoms with van der Waals surface area (Å²) in [4.78, 5) is 23.8. The van der Waals surface area contributed by atoms with E-state index in [-0.39, 0.29) is 17.4 Å². The molecule has 1 aliphatic heterocycles. The summed E-state index contributed by atoms with van der Waals surface area (Å²) >= 11 is 0. The number of nitrogens with zero attached hydrogens (tertiary/aromatic N) is 1. The lowest BCUT2D eigenvalue weighted by atomic mass is 9.80. The highest BCUT2D eigenvalue weighted by Gasteiger charge is 2.43. The maximum Gasteiger partial charge on any atom is 0.257 e. The van der Waals surface area contributed by atoms with Crippen LogP contribution in [0, 0.1) is 5.92 Å². The van der Waals surface area contributed by atoms with Crippen molar-refractivity contribution >= 4 is 11.8 Å². The van der Waals surface area contributed by atoms with Gasteiger partial charge in [-0.2, -0.15) is 5.06 Å². The fraction of sp³-hybridized carbons (Fsp3) is 0.176. The van der Waals surface area contributed by atoms with Crippen molar-refractivity contribution in [1.82, 2.24) is 5.06 Å². The average molecular weight is 281 g/mol. The molecule has 1 aliphatic rings. The Hall–Kier alpha value is -2.46. The molecule has 0 spiro atoms. The molecular formula is C17H15NO3. The maximum atomic E-state index is 12.2. The number of amides is 2. The number of rotatable bonds is 3. The van der Waals surface area contributed by atoms with Crippen LogP contribution in [0.1, 0.15) is 23.5 Å². The van der Waals surface area contributed by atoms with Gasteiger partial charge in [-0.3, -0.25) is 14.8 Å². The molecule has 1 heterocycles. The number of hydrogen-bond donors (Lipinski definition) is 1. The summed E-state index contributed by atoms with van der Waals surface area (Å²) in [5, 5.41) is 9.77. The Morgan fingerprint density at radius 1 is 0.905 bits per heavy atom. The van der Waals surface area contributed by atoms with Crippen LogP contribution < -0.4 is 0 Å². The second-order valence-corrected chi connectivity index (χ2v) is 5.15. The van der Waals surface area contributed by atoms with Crippen LogP contribution in [-0.2, 0) is 9.59 Å². The van der Waals surface area contributed by atoms with Crippen LogP contribution >= 0.6 is 0 Å². The fourth-order valence-electron chi connectivity index (χ4n) is 2.88. The zero-order valence-corrected chi connectivity index (χ0v) is 11.3. The predicted molar refractivity (Wildman–Crippen MR) is 76.5 cm³/mol. The molecule has 1 unspecified atom stereocenters. The van der Waals surface area contributed by atoms with Gasteiger partial charge < -0.3 is 0 Å². The number of hydroxylamine groups is 2. The van der Waals surface area contributed by atoms with Gasteiger partial charge in [-0.25, -0.2) is 0 Å². The normalized spacial score (nSPS) is 18.6. The Kier molecular flexibility index (Phi) is 3.54. The van der Waals surface area contributed by atoms with E-state index >= 15 is 0 Å². The molecule has 1 N–H and O–H groups in total. The summed E-state index contributed by atoms with van der Waals surface area (Å²) in [6.45, 7) is 0. The van der Waals surface area contributed by atoms with Crippen LogP contribution in [0.3, 0.4) is 0 Å². The van der Waals surface area contributed by atoms with Gasteiger partial charge >= 0.3 is 0 Å². The molecule has 0 aliphatic carbocycles.